The number of nitrogens with one attached hydrogen (secondary N) is 2. The molecule has 0 spiro atoms. The number of hydrogen-bond donors (Lipinski definition) is 3. The van der Waals surface area contributed by atoms with E-state index < -0.39 is 23.3 Å². The molecule has 0 aromatic carbocycles. The number of rotatable bonds is 10. The molecule has 2 fully saturated rings. The van der Waals surface area contributed by atoms with Crippen molar-refractivity contribution in [1.82, 2.24) is 15.8 Å². The van der Waals surface area contributed by atoms with E-state index in [0.29, 0.717) is 16.7 Å². The van der Waals surface area contributed by atoms with E-state index in [9.17, 15) is 19.5 Å². The fourth-order valence-corrected chi connectivity index (χ4v) is 6.17. The molecule has 1 heterocycles. The summed E-state index contributed by atoms with van der Waals surface area (Å²) >= 11 is 1.42. The van der Waals surface area contributed by atoms with Crippen molar-refractivity contribution >= 4 is 29.5 Å². The number of ether oxygens (including phenoxy) is 1. The first kappa shape index (κ1) is 28.3. The number of carbonyl (C=O) groups excluding carboxylic acids is 2. The number of thioether (sulfide) groups is 1. The molecule has 3 N–H and O–H groups in total. The van der Waals surface area contributed by atoms with Crippen LogP contribution in [0.15, 0.2) is 9.42 Å². The average Bonchev–Trinajstić information content (AvgIpc) is 3.11. The van der Waals surface area contributed by atoms with E-state index in [-0.39, 0.29) is 35.4 Å². The van der Waals surface area contributed by atoms with E-state index in [4.69, 9.17) is 9.26 Å². The third kappa shape index (κ3) is 7.17. The van der Waals surface area contributed by atoms with E-state index in [2.05, 4.69) is 22.7 Å². The Hall–Kier alpha value is -2.23. The predicted molar refractivity (Wildman–Crippen MR) is 137 cm³/mol. The lowest BCUT2D eigenvalue weighted by atomic mass is 9.74. The van der Waals surface area contributed by atoms with Crippen molar-refractivity contribution in [3.05, 3.63) is 5.76 Å². The highest BCUT2D eigenvalue weighted by molar-refractivity contribution is 8.00. The molecule has 1 aromatic rings. The minimum Gasteiger partial charge on any atom is -0.480 e. The number of carboxylic acid groups (broad SMARTS) is 1. The van der Waals surface area contributed by atoms with Gasteiger partial charge in [0.1, 0.15) is 17.0 Å². The Morgan fingerprint density at radius 3 is 2.58 bits per heavy atom. The first-order valence-electron chi connectivity index (χ1n) is 13.0. The van der Waals surface area contributed by atoms with Gasteiger partial charge in [-0.15, -0.1) is 11.8 Å². The third-order valence-corrected chi connectivity index (χ3v) is 8.23. The van der Waals surface area contributed by atoms with Gasteiger partial charge in [-0.25, -0.2) is 4.79 Å². The molecule has 2 bridgehead atoms. The molecule has 202 valence electrons. The lowest BCUT2D eigenvalue weighted by Gasteiger charge is -2.35. The van der Waals surface area contributed by atoms with Crippen LogP contribution in [0.25, 0.3) is 0 Å². The normalized spacial score (nSPS) is 25.1. The van der Waals surface area contributed by atoms with Crippen molar-refractivity contribution in [2.75, 3.05) is 6.61 Å². The molecule has 0 radical (unpaired) electrons. The highest BCUT2D eigenvalue weighted by Gasteiger charge is 2.36. The molecule has 0 saturated heterocycles. The molecule has 1 aromatic heterocycles. The van der Waals surface area contributed by atoms with E-state index in [1.165, 1.54) is 44.9 Å². The molecular weight excluding hydrogens is 482 g/mol. The topological polar surface area (TPSA) is 131 Å². The first-order valence-corrected chi connectivity index (χ1v) is 13.9. The third-order valence-electron chi connectivity index (χ3n) is 7.16. The van der Waals surface area contributed by atoms with Gasteiger partial charge in [0.05, 0.1) is 5.92 Å². The molecule has 2 aliphatic carbocycles. The molecule has 2 amide bonds. The lowest BCUT2D eigenvalue weighted by molar-refractivity contribution is -0.146. The van der Waals surface area contributed by atoms with Crippen molar-refractivity contribution in [3.8, 4) is 5.88 Å². The summed E-state index contributed by atoms with van der Waals surface area (Å²) in [6.45, 7) is 10.8. The van der Waals surface area contributed by atoms with Crippen LogP contribution in [0.2, 0.25) is 0 Å². The van der Waals surface area contributed by atoms with Crippen LogP contribution in [0.1, 0.15) is 90.6 Å². The van der Waals surface area contributed by atoms with Crippen molar-refractivity contribution in [3.63, 3.8) is 0 Å². The summed E-state index contributed by atoms with van der Waals surface area (Å²) in [6, 6.07) is 0.123. The van der Waals surface area contributed by atoms with Crippen LogP contribution in [0.5, 0.6) is 5.88 Å². The molecule has 5 unspecified atom stereocenters. The van der Waals surface area contributed by atoms with Gasteiger partial charge in [0.15, 0.2) is 0 Å². The number of hydrogen-bond acceptors (Lipinski definition) is 7. The zero-order valence-electron chi connectivity index (χ0n) is 22.3. The smallest absolute Gasteiger partial charge is 0.328 e. The summed E-state index contributed by atoms with van der Waals surface area (Å²) in [6.07, 6.45) is 6.93. The maximum atomic E-state index is 13.3. The monoisotopic (exact) mass is 523 g/mol. The summed E-state index contributed by atoms with van der Waals surface area (Å²) in [5.74, 6) is -0.255. The van der Waals surface area contributed by atoms with E-state index >= 15 is 0 Å². The minimum absolute atomic E-state index is 0.0369. The summed E-state index contributed by atoms with van der Waals surface area (Å²) in [5.41, 5.74) is -1.39. The van der Waals surface area contributed by atoms with Crippen molar-refractivity contribution < 1.29 is 28.8 Å². The summed E-state index contributed by atoms with van der Waals surface area (Å²) < 4.78 is 11.3. The summed E-state index contributed by atoms with van der Waals surface area (Å²) in [5, 5.41) is 19.1. The van der Waals surface area contributed by atoms with Gasteiger partial charge in [0.2, 0.25) is 11.7 Å². The van der Waals surface area contributed by atoms with Gasteiger partial charge in [-0.3, -0.25) is 9.59 Å². The Morgan fingerprint density at radius 1 is 1.19 bits per heavy atom. The summed E-state index contributed by atoms with van der Waals surface area (Å²) in [7, 11) is 0. The van der Waals surface area contributed by atoms with Crippen molar-refractivity contribution in [1.29, 1.82) is 0 Å². The standard InChI is InChI=1S/C26H41N3O6S/c1-14(2)36-21-20(23(31)27-19-9-7-8-17-10-15(3)11-18(19)12-17)35-29-24(21)34-13-16(4)22(30)28-26(5,6)25(32)33/h14-19H,7-13H2,1-6H3,(H,27,31)(H,28,30)(H,32,33). The Labute approximate surface area is 217 Å². The van der Waals surface area contributed by atoms with Crippen LogP contribution >= 0.6 is 11.8 Å². The largest absolute Gasteiger partial charge is 0.480 e. The number of fused-ring (bicyclic) bond motifs is 2. The van der Waals surface area contributed by atoms with Crippen LogP contribution in [-0.2, 0) is 9.59 Å². The van der Waals surface area contributed by atoms with Crippen molar-refractivity contribution in [2.45, 2.75) is 102 Å². The molecule has 0 aliphatic heterocycles. The van der Waals surface area contributed by atoms with E-state index in [1.54, 1.807) is 6.92 Å². The SMILES string of the molecule is CC1CC2CCCC(NC(=O)c3onc(OCC(C)C(=O)NC(C)(C)C(=O)O)c3SC(C)C)C(C1)C2. The Bertz CT molecular complexity index is 946. The van der Waals surface area contributed by atoms with Gasteiger partial charge in [0.25, 0.3) is 11.8 Å². The van der Waals surface area contributed by atoms with Gasteiger partial charge >= 0.3 is 5.97 Å². The maximum absolute atomic E-state index is 13.3. The van der Waals surface area contributed by atoms with E-state index in [1.807, 2.05) is 13.8 Å². The van der Waals surface area contributed by atoms with Gasteiger partial charge in [0, 0.05) is 11.3 Å². The molecule has 5 atom stereocenters. The van der Waals surface area contributed by atoms with Gasteiger partial charge in [-0.2, -0.15) is 0 Å². The zero-order valence-corrected chi connectivity index (χ0v) is 23.1. The lowest BCUT2D eigenvalue weighted by Crippen LogP contribution is -2.51. The molecule has 2 saturated carbocycles. The molecule has 10 heteroatoms. The second kappa shape index (κ2) is 11.9. The van der Waals surface area contributed by atoms with Gasteiger partial charge in [-0.1, -0.05) is 40.5 Å². The molecule has 2 aliphatic rings. The number of carboxylic acids is 1. The van der Waals surface area contributed by atoms with Crippen LogP contribution in [0, 0.1) is 23.7 Å². The first-order chi connectivity index (χ1) is 16.9. The van der Waals surface area contributed by atoms with Crippen LogP contribution in [-0.4, -0.2) is 51.5 Å². The minimum atomic E-state index is -1.39. The molecular formula is C26H41N3O6S. The Balaban J connectivity index is 1.68. The van der Waals surface area contributed by atoms with Gasteiger partial charge in [-0.05, 0) is 62.4 Å². The quantitative estimate of drug-likeness (QED) is 0.382. The molecule has 9 nitrogen and oxygen atoms in total. The number of amides is 2. The zero-order chi connectivity index (χ0) is 26.6. The van der Waals surface area contributed by atoms with Crippen molar-refractivity contribution in [2.24, 2.45) is 23.7 Å². The highest BCUT2D eigenvalue weighted by Crippen LogP contribution is 2.41. The number of carbonyl (C=O) groups is 3. The second-order valence-corrected chi connectivity index (χ2v) is 13.0. The van der Waals surface area contributed by atoms with Gasteiger partial charge < -0.3 is 25.0 Å². The van der Waals surface area contributed by atoms with Crippen LogP contribution < -0.4 is 15.4 Å². The predicted octanol–water partition coefficient (Wildman–Crippen LogP) is 4.50. The second-order valence-electron chi connectivity index (χ2n) is 11.4. The fraction of sp³-hybridized carbons (Fsp3) is 0.769. The average molecular weight is 524 g/mol. The van der Waals surface area contributed by atoms with Crippen LogP contribution in [0.3, 0.4) is 0 Å². The fourth-order valence-electron chi connectivity index (χ4n) is 5.26. The summed E-state index contributed by atoms with van der Waals surface area (Å²) in [4.78, 5) is 37.6. The Kier molecular flexibility index (Phi) is 9.35. The number of aliphatic carboxylic acids is 1. The Morgan fingerprint density at radius 2 is 1.92 bits per heavy atom. The highest BCUT2D eigenvalue weighted by atomic mass is 32.2. The number of aromatic nitrogens is 1. The molecule has 36 heavy (non-hydrogen) atoms. The number of nitrogens with zero attached hydrogens (tertiary/aromatic N) is 1. The maximum Gasteiger partial charge on any atom is 0.328 e. The van der Waals surface area contributed by atoms with E-state index in [0.717, 1.165) is 25.2 Å². The molecule has 3 rings (SSSR count). The van der Waals surface area contributed by atoms with Crippen LogP contribution in [0.4, 0.5) is 0 Å².